The molecule has 0 bridgehead atoms. The fourth-order valence-corrected chi connectivity index (χ4v) is 2.24. The first-order chi connectivity index (χ1) is 9.65. The molecule has 0 aliphatic rings. The van der Waals surface area contributed by atoms with E-state index in [4.69, 9.17) is 9.26 Å². The van der Waals surface area contributed by atoms with Gasteiger partial charge in [0.25, 0.3) is 5.89 Å². The predicted molar refractivity (Wildman–Crippen MR) is 75.3 cm³/mol. The lowest BCUT2D eigenvalue weighted by atomic mass is 9.96. The molecule has 5 heteroatoms. The molecular formula is C15H20N2O3. The molecule has 2 aromatic rings. The van der Waals surface area contributed by atoms with Crippen molar-refractivity contribution in [3.8, 4) is 17.2 Å². The third-order valence-electron chi connectivity index (χ3n) is 3.51. The van der Waals surface area contributed by atoms with Crippen molar-refractivity contribution in [1.29, 1.82) is 0 Å². The van der Waals surface area contributed by atoms with Crippen molar-refractivity contribution in [3.05, 3.63) is 30.1 Å². The van der Waals surface area contributed by atoms with Gasteiger partial charge in [-0.3, -0.25) is 0 Å². The van der Waals surface area contributed by atoms with Gasteiger partial charge in [0.1, 0.15) is 11.4 Å². The second-order valence-electron chi connectivity index (χ2n) is 4.60. The molecule has 0 radical (unpaired) electrons. The summed E-state index contributed by atoms with van der Waals surface area (Å²) in [5.74, 6) is 1.22. The topological polar surface area (TPSA) is 68.4 Å². The van der Waals surface area contributed by atoms with Gasteiger partial charge in [-0.05, 0) is 44.0 Å². The quantitative estimate of drug-likeness (QED) is 0.874. The van der Waals surface area contributed by atoms with Gasteiger partial charge in [0.15, 0.2) is 0 Å². The lowest BCUT2D eigenvalue weighted by molar-refractivity contribution is -0.0583. The summed E-state index contributed by atoms with van der Waals surface area (Å²) in [5, 5.41) is 13.4. The molecule has 0 aliphatic heterocycles. The molecule has 5 nitrogen and oxygen atoms in total. The van der Waals surface area contributed by atoms with Gasteiger partial charge in [-0.15, -0.1) is 0 Å². The first-order valence-corrected chi connectivity index (χ1v) is 6.92. The Morgan fingerprint density at radius 2 is 1.80 bits per heavy atom. The normalized spacial score (nSPS) is 11.8. The van der Waals surface area contributed by atoms with Crippen LogP contribution in [0.15, 0.2) is 28.8 Å². The van der Waals surface area contributed by atoms with E-state index in [1.54, 1.807) is 24.3 Å². The van der Waals surface area contributed by atoms with E-state index in [1.165, 1.54) is 0 Å². The highest BCUT2D eigenvalue weighted by atomic mass is 16.5. The van der Waals surface area contributed by atoms with Gasteiger partial charge >= 0.3 is 0 Å². The van der Waals surface area contributed by atoms with Gasteiger partial charge in [-0.1, -0.05) is 19.0 Å². The summed E-state index contributed by atoms with van der Waals surface area (Å²) >= 11 is 0. The summed E-state index contributed by atoms with van der Waals surface area (Å²) in [4.78, 5) is 4.46. The van der Waals surface area contributed by atoms with Crippen LogP contribution < -0.4 is 0 Å². The summed E-state index contributed by atoms with van der Waals surface area (Å²) in [6.45, 7) is 6.66. The molecule has 0 unspecified atom stereocenters. The zero-order valence-corrected chi connectivity index (χ0v) is 12.1. The second kappa shape index (κ2) is 6.05. The van der Waals surface area contributed by atoms with E-state index in [2.05, 4.69) is 24.0 Å². The van der Waals surface area contributed by atoms with Crippen LogP contribution in [0.4, 0.5) is 0 Å². The van der Waals surface area contributed by atoms with E-state index < -0.39 is 5.60 Å². The Hall–Kier alpha value is -1.88. The molecule has 1 aromatic heterocycles. The van der Waals surface area contributed by atoms with Crippen molar-refractivity contribution in [1.82, 2.24) is 10.1 Å². The molecule has 0 aliphatic carbocycles. The van der Waals surface area contributed by atoms with Gasteiger partial charge in [0, 0.05) is 12.2 Å². The molecule has 0 saturated carbocycles. The van der Waals surface area contributed by atoms with Crippen LogP contribution in [0.1, 0.15) is 39.4 Å². The second-order valence-corrected chi connectivity index (χ2v) is 4.60. The number of ether oxygens (including phenoxy) is 1. The number of aromatic nitrogens is 2. The Balaban J connectivity index is 2.33. The monoisotopic (exact) mass is 276 g/mol. The molecular weight excluding hydrogens is 256 g/mol. The zero-order chi connectivity index (χ0) is 14.6. The number of phenols is 1. The first-order valence-electron chi connectivity index (χ1n) is 6.92. The van der Waals surface area contributed by atoms with Crippen molar-refractivity contribution in [2.45, 2.75) is 39.2 Å². The van der Waals surface area contributed by atoms with Crippen LogP contribution in [0.2, 0.25) is 0 Å². The smallest absolute Gasteiger partial charge is 0.258 e. The molecule has 0 atom stereocenters. The van der Waals surface area contributed by atoms with Crippen LogP contribution in [-0.2, 0) is 10.3 Å². The van der Waals surface area contributed by atoms with E-state index in [1.807, 2.05) is 6.92 Å². The Kier molecular flexibility index (Phi) is 4.39. The summed E-state index contributed by atoms with van der Waals surface area (Å²) < 4.78 is 11.2. The van der Waals surface area contributed by atoms with Crippen molar-refractivity contribution in [2.75, 3.05) is 6.61 Å². The summed E-state index contributed by atoms with van der Waals surface area (Å²) in [6.07, 6.45) is 1.57. The SMILES string of the molecule is CCOC(CC)(CC)c1noc(-c2ccc(O)cc2)n1. The average molecular weight is 276 g/mol. The molecule has 0 amide bonds. The maximum absolute atomic E-state index is 9.30. The molecule has 108 valence electrons. The molecule has 2 rings (SSSR count). The molecule has 1 N–H and O–H groups in total. The highest BCUT2D eigenvalue weighted by Crippen LogP contribution is 2.32. The van der Waals surface area contributed by atoms with Gasteiger partial charge in [0.05, 0.1) is 0 Å². The standard InChI is InChI=1S/C15H20N2O3/c1-4-15(5-2,19-6-3)14-16-13(20-17-14)11-7-9-12(18)10-8-11/h7-10,18H,4-6H2,1-3H3. The van der Waals surface area contributed by atoms with Crippen molar-refractivity contribution in [3.63, 3.8) is 0 Å². The third kappa shape index (κ3) is 2.67. The number of benzene rings is 1. The Bertz CT molecular complexity index is 545. The summed E-state index contributed by atoms with van der Waals surface area (Å²) in [5.41, 5.74) is 0.284. The summed E-state index contributed by atoms with van der Waals surface area (Å²) in [7, 11) is 0. The fourth-order valence-electron chi connectivity index (χ4n) is 2.24. The number of nitrogens with zero attached hydrogens (tertiary/aromatic N) is 2. The Morgan fingerprint density at radius 3 is 2.35 bits per heavy atom. The zero-order valence-electron chi connectivity index (χ0n) is 12.1. The third-order valence-corrected chi connectivity index (χ3v) is 3.51. The predicted octanol–water partition coefficient (Wildman–Crippen LogP) is 3.49. The van der Waals surface area contributed by atoms with Crippen molar-refractivity contribution < 1.29 is 14.4 Å². The minimum Gasteiger partial charge on any atom is -0.508 e. The van der Waals surface area contributed by atoms with Crippen LogP contribution in [0.25, 0.3) is 11.5 Å². The fraction of sp³-hybridized carbons (Fsp3) is 0.467. The van der Waals surface area contributed by atoms with Gasteiger partial charge in [0.2, 0.25) is 5.82 Å². The molecule has 1 heterocycles. The minimum atomic E-state index is -0.493. The average Bonchev–Trinajstić information content (AvgIpc) is 2.96. The Labute approximate surface area is 118 Å². The maximum atomic E-state index is 9.30. The number of rotatable bonds is 6. The molecule has 0 fully saturated rings. The first kappa shape index (κ1) is 14.5. The summed E-state index contributed by atoms with van der Waals surface area (Å²) in [6, 6.07) is 6.67. The van der Waals surface area contributed by atoms with E-state index in [9.17, 15) is 5.11 Å². The largest absolute Gasteiger partial charge is 0.508 e. The number of aromatic hydroxyl groups is 1. The van der Waals surface area contributed by atoms with Crippen LogP contribution in [0.3, 0.4) is 0 Å². The minimum absolute atomic E-state index is 0.208. The molecule has 0 saturated heterocycles. The van der Waals surface area contributed by atoms with Gasteiger partial charge < -0.3 is 14.4 Å². The van der Waals surface area contributed by atoms with Crippen molar-refractivity contribution >= 4 is 0 Å². The lowest BCUT2D eigenvalue weighted by Gasteiger charge is -2.27. The highest BCUT2D eigenvalue weighted by Gasteiger charge is 2.34. The van der Waals surface area contributed by atoms with Crippen molar-refractivity contribution in [2.24, 2.45) is 0 Å². The van der Waals surface area contributed by atoms with Crippen LogP contribution in [0.5, 0.6) is 5.75 Å². The lowest BCUT2D eigenvalue weighted by Crippen LogP contribution is -2.29. The molecule has 0 spiro atoms. The number of hydrogen-bond acceptors (Lipinski definition) is 5. The van der Waals surface area contributed by atoms with E-state index in [0.717, 1.165) is 18.4 Å². The highest BCUT2D eigenvalue weighted by molar-refractivity contribution is 5.54. The molecule has 20 heavy (non-hydrogen) atoms. The maximum Gasteiger partial charge on any atom is 0.258 e. The van der Waals surface area contributed by atoms with E-state index in [-0.39, 0.29) is 5.75 Å². The number of hydrogen-bond donors (Lipinski definition) is 1. The molecule has 1 aromatic carbocycles. The van der Waals surface area contributed by atoms with Gasteiger partial charge in [-0.2, -0.15) is 4.98 Å². The van der Waals surface area contributed by atoms with E-state index >= 15 is 0 Å². The van der Waals surface area contributed by atoms with Crippen LogP contribution in [0, 0.1) is 0 Å². The number of phenolic OH excluding ortho intramolecular Hbond substituents is 1. The van der Waals surface area contributed by atoms with Crippen LogP contribution >= 0.6 is 0 Å². The van der Waals surface area contributed by atoms with Gasteiger partial charge in [-0.25, -0.2) is 0 Å². The van der Waals surface area contributed by atoms with Crippen LogP contribution in [-0.4, -0.2) is 21.9 Å². The van der Waals surface area contributed by atoms with E-state index in [0.29, 0.717) is 18.3 Å². The Morgan fingerprint density at radius 1 is 1.15 bits per heavy atom.